The van der Waals surface area contributed by atoms with Crippen LogP contribution in [-0.2, 0) is 6.42 Å². The van der Waals surface area contributed by atoms with E-state index < -0.39 is 0 Å². The van der Waals surface area contributed by atoms with Crippen LogP contribution >= 0.6 is 0 Å². The molecule has 76 valence electrons. The lowest BCUT2D eigenvalue weighted by atomic mass is 9.85. The second kappa shape index (κ2) is 4.59. The van der Waals surface area contributed by atoms with Gasteiger partial charge in [0.25, 0.3) is 0 Å². The lowest BCUT2D eigenvalue weighted by Crippen LogP contribution is -2.10. The summed E-state index contributed by atoms with van der Waals surface area (Å²) in [5.41, 5.74) is 0.902. The number of halogens is 1. The summed E-state index contributed by atoms with van der Waals surface area (Å²) >= 11 is 0. The third-order valence-corrected chi connectivity index (χ3v) is 3.19. The molecule has 1 aromatic rings. The van der Waals surface area contributed by atoms with Gasteiger partial charge in [-0.15, -0.1) is 0 Å². The van der Waals surface area contributed by atoms with Gasteiger partial charge in [-0.2, -0.15) is 0 Å². The van der Waals surface area contributed by atoms with Gasteiger partial charge in [-0.1, -0.05) is 50.3 Å². The molecule has 2 rings (SSSR count). The molecular formula is C13H17F. The topological polar surface area (TPSA) is 0 Å². The van der Waals surface area contributed by atoms with Crippen LogP contribution in [0, 0.1) is 11.7 Å². The number of hydrogen-bond acceptors (Lipinski definition) is 0. The Morgan fingerprint density at radius 2 is 1.79 bits per heavy atom. The monoisotopic (exact) mass is 192 g/mol. The molecule has 1 saturated carbocycles. The summed E-state index contributed by atoms with van der Waals surface area (Å²) in [6.45, 7) is 0. The summed E-state index contributed by atoms with van der Waals surface area (Å²) in [5.74, 6) is 0.693. The van der Waals surface area contributed by atoms with Gasteiger partial charge >= 0.3 is 0 Å². The van der Waals surface area contributed by atoms with E-state index >= 15 is 0 Å². The molecule has 0 nitrogen and oxygen atoms in total. The highest BCUT2D eigenvalue weighted by molar-refractivity contribution is 5.17. The van der Waals surface area contributed by atoms with Gasteiger partial charge in [-0.25, -0.2) is 4.39 Å². The smallest absolute Gasteiger partial charge is 0.126 e. The zero-order valence-corrected chi connectivity index (χ0v) is 8.51. The molecule has 1 aliphatic carbocycles. The largest absolute Gasteiger partial charge is 0.207 e. The van der Waals surface area contributed by atoms with Crippen LogP contribution in [0.3, 0.4) is 0 Å². The fourth-order valence-electron chi connectivity index (χ4n) is 2.37. The van der Waals surface area contributed by atoms with Crippen molar-refractivity contribution in [1.29, 1.82) is 0 Å². The van der Waals surface area contributed by atoms with E-state index in [1.807, 2.05) is 12.1 Å². The van der Waals surface area contributed by atoms with Gasteiger partial charge in [0.05, 0.1) is 0 Å². The molecule has 1 fully saturated rings. The third kappa shape index (κ3) is 2.34. The highest BCUT2D eigenvalue weighted by atomic mass is 19.1. The Hall–Kier alpha value is -0.850. The molecule has 0 amide bonds. The molecule has 0 atom stereocenters. The van der Waals surface area contributed by atoms with Crippen LogP contribution in [0.15, 0.2) is 24.3 Å². The predicted octanol–water partition coefficient (Wildman–Crippen LogP) is 3.95. The van der Waals surface area contributed by atoms with Crippen molar-refractivity contribution >= 4 is 0 Å². The van der Waals surface area contributed by atoms with Gasteiger partial charge in [0.2, 0.25) is 0 Å². The van der Waals surface area contributed by atoms with Crippen molar-refractivity contribution in [2.45, 2.75) is 38.5 Å². The van der Waals surface area contributed by atoms with Crippen LogP contribution in [0.4, 0.5) is 4.39 Å². The van der Waals surface area contributed by atoms with Crippen LogP contribution in [-0.4, -0.2) is 0 Å². The van der Waals surface area contributed by atoms with Crippen LogP contribution in [0.25, 0.3) is 0 Å². The molecular weight excluding hydrogens is 175 g/mol. The molecule has 1 aliphatic rings. The zero-order valence-electron chi connectivity index (χ0n) is 8.51. The fourth-order valence-corrected chi connectivity index (χ4v) is 2.37. The Balaban J connectivity index is 1.99. The first-order chi connectivity index (χ1) is 6.86. The Morgan fingerprint density at radius 3 is 2.50 bits per heavy atom. The van der Waals surface area contributed by atoms with Crippen molar-refractivity contribution in [3.8, 4) is 0 Å². The summed E-state index contributed by atoms with van der Waals surface area (Å²) < 4.78 is 13.3. The summed E-state index contributed by atoms with van der Waals surface area (Å²) in [7, 11) is 0. The molecule has 1 heteroatoms. The second-order valence-electron chi connectivity index (χ2n) is 4.30. The van der Waals surface area contributed by atoms with E-state index in [0.717, 1.165) is 17.9 Å². The highest BCUT2D eigenvalue weighted by Gasteiger charge is 2.15. The number of hydrogen-bond donors (Lipinski definition) is 0. The summed E-state index contributed by atoms with van der Waals surface area (Å²) in [6, 6.07) is 7.18. The van der Waals surface area contributed by atoms with Gasteiger partial charge in [0.1, 0.15) is 5.82 Å². The molecule has 0 bridgehead atoms. The molecule has 0 aromatic heterocycles. The van der Waals surface area contributed by atoms with E-state index in [0.29, 0.717) is 0 Å². The highest BCUT2D eigenvalue weighted by Crippen LogP contribution is 2.27. The van der Waals surface area contributed by atoms with Crippen molar-refractivity contribution in [3.63, 3.8) is 0 Å². The SMILES string of the molecule is Fc1ccccc1CC1CCCCC1. The summed E-state index contributed by atoms with van der Waals surface area (Å²) in [5, 5.41) is 0. The minimum atomic E-state index is -0.0296. The van der Waals surface area contributed by atoms with Crippen LogP contribution in [0.5, 0.6) is 0 Å². The number of benzene rings is 1. The first kappa shape index (κ1) is 9.70. The maximum Gasteiger partial charge on any atom is 0.126 e. The van der Waals surface area contributed by atoms with E-state index in [1.54, 1.807) is 12.1 Å². The van der Waals surface area contributed by atoms with E-state index in [4.69, 9.17) is 0 Å². The van der Waals surface area contributed by atoms with Crippen molar-refractivity contribution < 1.29 is 4.39 Å². The maximum atomic E-state index is 13.3. The minimum absolute atomic E-state index is 0.0296. The molecule has 1 aromatic carbocycles. The molecule has 0 N–H and O–H groups in total. The maximum absolute atomic E-state index is 13.3. The van der Waals surface area contributed by atoms with Gasteiger partial charge in [0, 0.05) is 0 Å². The second-order valence-corrected chi connectivity index (χ2v) is 4.30. The Bertz CT molecular complexity index is 287. The summed E-state index contributed by atoms with van der Waals surface area (Å²) in [6.07, 6.45) is 7.54. The lowest BCUT2D eigenvalue weighted by molar-refractivity contribution is 0.353. The first-order valence-electron chi connectivity index (χ1n) is 5.59. The van der Waals surface area contributed by atoms with Crippen molar-refractivity contribution in [1.82, 2.24) is 0 Å². The van der Waals surface area contributed by atoms with Gasteiger partial charge < -0.3 is 0 Å². The molecule has 0 aliphatic heterocycles. The van der Waals surface area contributed by atoms with Crippen molar-refractivity contribution in [3.05, 3.63) is 35.6 Å². The normalized spacial score (nSPS) is 18.4. The zero-order chi connectivity index (χ0) is 9.80. The van der Waals surface area contributed by atoms with Crippen LogP contribution < -0.4 is 0 Å². The Labute approximate surface area is 85.1 Å². The molecule has 0 radical (unpaired) electrons. The van der Waals surface area contributed by atoms with Gasteiger partial charge in [-0.05, 0) is 24.0 Å². The minimum Gasteiger partial charge on any atom is -0.207 e. The van der Waals surface area contributed by atoms with Crippen molar-refractivity contribution in [2.24, 2.45) is 5.92 Å². The molecule has 0 heterocycles. The van der Waals surface area contributed by atoms with Gasteiger partial charge in [0.15, 0.2) is 0 Å². The van der Waals surface area contributed by atoms with Crippen LogP contribution in [0.1, 0.15) is 37.7 Å². The average molecular weight is 192 g/mol. The standard InChI is InChI=1S/C13H17F/c14-13-9-5-4-8-12(13)10-11-6-2-1-3-7-11/h4-5,8-9,11H,1-3,6-7,10H2. The summed E-state index contributed by atoms with van der Waals surface area (Å²) in [4.78, 5) is 0. The third-order valence-electron chi connectivity index (χ3n) is 3.19. The molecule has 0 unspecified atom stereocenters. The predicted molar refractivity (Wildman–Crippen MR) is 56.7 cm³/mol. The quantitative estimate of drug-likeness (QED) is 0.665. The lowest BCUT2D eigenvalue weighted by Gasteiger charge is -2.21. The first-order valence-corrected chi connectivity index (χ1v) is 5.59. The van der Waals surface area contributed by atoms with E-state index in [2.05, 4.69) is 0 Å². The Kier molecular flexibility index (Phi) is 3.18. The molecule has 14 heavy (non-hydrogen) atoms. The van der Waals surface area contributed by atoms with Crippen molar-refractivity contribution in [2.75, 3.05) is 0 Å². The van der Waals surface area contributed by atoms with E-state index in [-0.39, 0.29) is 5.82 Å². The Morgan fingerprint density at radius 1 is 1.07 bits per heavy atom. The number of rotatable bonds is 2. The molecule has 0 saturated heterocycles. The van der Waals surface area contributed by atoms with E-state index in [1.165, 1.54) is 32.1 Å². The molecule has 0 spiro atoms. The van der Waals surface area contributed by atoms with Gasteiger partial charge in [-0.3, -0.25) is 0 Å². The van der Waals surface area contributed by atoms with Crippen LogP contribution in [0.2, 0.25) is 0 Å². The fraction of sp³-hybridized carbons (Fsp3) is 0.538. The van der Waals surface area contributed by atoms with E-state index in [9.17, 15) is 4.39 Å². The average Bonchev–Trinajstić information content (AvgIpc) is 2.23.